The first-order chi connectivity index (χ1) is 4.34. The third-order valence-corrected chi connectivity index (χ3v) is 1.28. The van der Waals surface area contributed by atoms with Crippen molar-refractivity contribution >= 4 is 6.02 Å². The van der Waals surface area contributed by atoms with E-state index in [4.69, 9.17) is 0 Å². The second-order valence-electron chi connectivity index (χ2n) is 1.88. The molecule has 0 saturated carbocycles. The predicted octanol–water partition coefficient (Wildman–Crippen LogP) is -0.796. The van der Waals surface area contributed by atoms with Crippen molar-refractivity contribution in [1.82, 2.24) is 4.90 Å². The summed E-state index contributed by atoms with van der Waals surface area (Å²) < 4.78 is 0. The molecule has 3 nitrogen and oxygen atoms in total. The molecule has 0 amide bonds. The molecule has 1 heterocycles. The van der Waals surface area contributed by atoms with E-state index in [0.717, 1.165) is 13.1 Å². The molecule has 1 aliphatic rings. The molecule has 9 heavy (non-hydrogen) atoms. The van der Waals surface area contributed by atoms with E-state index >= 15 is 0 Å². The van der Waals surface area contributed by atoms with Gasteiger partial charge in [-0.15, -0.1) is 0 Å². The number of hydrogen-bond donors (Lipinski definition) is 0. The minimum absolute atomic E-state index is 0.125. The van der Waals surface area contributed by atoms with E-state index in [1.807, 2.05) is 12.2 Å². The van der Waals surface area contributed by atoms with Crippen LogP contribution in [0, 0.1) is 0 Å². The van der Waals surface area contributed by atoms with Crippen molar-refractivity contribution in [3.05, 3.63) is 12.2 Å². The van der Waals surface area contributed by atoms with Crippen molar-refractivity contribution in [2.45, 2.75) is 0 Å². The summed E-state index contributed by atoms with van der Waals surface area (Å²) in [5.41, 5.74) is 0. The lowest BCUT2D eigenvalue weighted by atomic mass is 10.6. The highest BCUT2D eigenvalue weighted by Crippen LogP contribution is 1.96. The topological polar surface area (TPSA) is 38.7 Å². The zero-order valence-corrected chi connectivity index (χ0v) is 5.37. The fraction of sp³-hybridized carbons (Fsp3) is 0.500. The third-order valence-electron chi connectivity index (χ3n) is 1.28. The van der Waals surface area contributed by atoms with Crippen molar-refractivity contribution in [1.29, 1.82) is 0 Å². The van der Waals surface area contributed by atoms with Crippen LogP contribution in [0.3, 0.4) is 0 Å². The van der Waals surface area contributed by atoms with E-state index in [2.05, 4.69) is 4.99 Å². The van der Waals surface area contributed by atoms with Crippen LogP contribution in [0.4, 0.5) is 0 Å². The highest BCUT2D eigenvalue weighted by molar-refractivity contribution is 5.69. The smallest absolute Gasteiger partial charge is 0.0501 e. The van der Waals surface area contributed by atoms with E-state index in [-0.39, 0.29) is 6.02 Å². The summed E-state index contributed by atoms with van der Waals surface area (Å²) in [4.78, 5) is 5.18. The largest absolute Gasteiger partial charge is 0.846 e. The SMILES string of the molecule is CN=C([O-])N1CC=CC1. The van der Waals surface area contributed by atoms with E-state index in [1.54, 1.807) is 4.90 Å². The number of aliphatic imine (C=N–C) groups is 1. The summed E-state index contributed by atoms with van der Waals surface area (Å²) in [7, 11) is 1.51. The van der Waals surface area contributed by atoms with Crippen molar-refractivity contribution < 1.29 is 5.11 Å². The Kier molecular flexibility index (Phi) is 1.72. The molecule has 0 aromatic rings. The number of nitrogens with zero attached hydrogens (tertiary/aromatic N) is 2. The molecule has 50 valence electrons. The molecule has 0 aromatic heterocycles. The number of hydrogen-bond acceptors (Lipinski definition) is 2. The van der Waals surface area contributed by atoms with Gasteiger partial charge in [0, 0.05) is 20.1 Å². The van der Waals surface area contributed by atoms with Crippen LogP contribution in [0.15, 0.2) is 17.1 Å². The highest BCUT2D eigenvalue weighted by atomic mass is 16.3. The second-order valence-corrected chi connectivity index (χ2v) is 1.88. The Labute approximate surface area is 54.3 Å². The Bertz CT molecular complexity index is 143. The van der Waals surface area contributed by atoms with Gasteiger partial charge in [0.25, 0.3) is 0 Å². The van der Waals surface area contributed by atoms with Gasteiger partial charge in [-0.25, -0.2) is 0 Å². The minimum atomic E-state index is -0.125. The summed E-state index contributed by atoms with van der Waals surface area (Å²) in [5, 5.41) is 10.7. The van der Waals surface area contributed by atoms with Gasteiger partial charge in [0.2, 0.25) is 0 Å². The van der Waals surface area contributed by atoms with Gasteiger partial charge in [-0.05, 0) is 0 Å². The maximum atomic E-state index is 10.7. The van der Waals surface area contributed by atoms with Crippen molar-refractivity contribution in [2.75, 3.05) is 20.1 Å². The first kappa shape index (κ1) is 6.13. The molecule has 3 heteroatoms. The first-order valence-corrected chi connectivity index (χ1v) is 2.88. The molecule has 0 radical (unpaired) electrons. The van der Waals surface area contributed by atoms with Crippen LogP contribution in [-0.2, 0) is 0 Å². The van der Waals surface area contributed by atoms with Crippen LogP contribution in [0.5, 0.6) is 0 Å². The van der Waals surface area contributed by atoms with Crippen LogP contribution < -0.4 is 5.11 Å². The Hall–Kier alpha value is -0.990. The van der Waals surface area contributed by atoms with Crippen LogP contribution in [-0.4, -0.2) is 31.1 Å². The average Bonchev–Trinajstić information content (AvgIpc) is 2.37. The molecule has 0 aliphatic carbocycles. The number of amidine groups is 1. The molecule has 0 bridgehead atoms. The Balaban J connectivity index is 2.46. The molecule has 1 aliphatic heterocycles. The molecule has 1 rings (SSSR count). The Morgan fingerprint density at radius 1 is 1.56 bits per heavy atom. The molecule has 0 aromatic carbocycles. The zero-order chi connectivity index (χ0) is 6.69. The van der Waals surface area contributed by atoms with E-state index in [1.165, 1.54) is 7.05 Å². The maximum Gasteiger partial charge on any atom is 0.0501 e. The van der Waals surface area contributed by atoms with Gasteiger partial charge in [0.05, 0.1) is 6.02 Å². The van der Waals surface area contributed by atoms with Crippen LogP contribution in [0.25, 0.3) is 0 Å². The maximum absolute atomic E-state index is 10.7. The summed E-state index contributed by atoms with van der Waals surface area (Å²) in [6.45, 7) is 1.44. The van der Waals surface area contributed by atoms with E-state index < -0.39 is 0 Å². The molecule has 0 saturated heterocycles. The van der Waals surface area contributed by atoms with Gasteiger partial charge >= 0.3 is 0 Å². The first-order valence-electron chi connectivity index (χ1n) is 2.88. The van der Waals surface area contributed by atoms with Gasteiger partial charge in [-0.3, -0.25) is 4.99 Å². The Morgan fingerprint density at radius 2 is 2.11 bits per heavy atom. The van der Waals surface area contributed by atoms with E-state index in [9.17, 15) is 5.11 Å². The summed E-state index contributed by atoms with van der Waals surface area (Å²) in [6, 6.07) is -0.125. The van der Waals surface area contributed by atoms with Crippen molar-refractivity contribution in [3.63, 3.8) is 0 Å². The van der Waals surface area contributed by atoms with Crippen LogP contribution in [0.1, 0.15) is 0 Å². The summed E-state index contributed by atoms with van der Waals surface area (Å²) in [6.07, 6.45) is 3.92. The molecule has 0 N–H and O–H groups in total. The van der Waals surface area contributed by atoms with Crippen molar-refractivity contribution in [2.24, 2.45) is 4.99 Å². The Morgan fingerprint density at radius 3 is 2.56 bits per heavy atom. The average molecular weight is 125 g/mol. The monoisotopic (exact) mass is 125 g/mol. The number of rotatable bonds is 0. The second kappa shape index (κ2) is 2.53. The summed E-state index contributed by atoms with van der Waals surface area (Å²) >= 11 is 0. The van der Waals surface area contributed by atoms with Gasteiger partial charge in [0.15, 0.2) is 0 Å². The quantitative estimate of drug-likeness (QED) is 0.241. The molecular weight excluding hydrogens is 116 g/mol. The van der Waals surface area contributed by atoms with Gasteiger partial charge in [-0.1, -0.05) is 12.2 Å². The lowest BCUT2D eigenvalue weighted by molar-refractivity contribution is -0.233. The molecule has 0 fully saturated rings. The standard InChI is InChI=1S/C6H10N2O/c1-7-6(9)8-4-2-3-5-8/h2-3H,4-5H2,1H3,(H,7,9)/p-1. The normalized spacial score (nSPS) is 19.2. The van der Waals surface area contributed by atoms with Gasteiger partial charge in [-0.2, -0.15) is 0 Å². The lowest BCUT2D eigenvalue weighted by Gasteiger charge is -2.23. The lowest BCUT2D eigenvalue weighted by Crippen LogP contribution is -2.37. The van der Waals surface area contributed by atoms with Crippen molar-refractivity contribution in [3.8, 4) is 0 Å². The fourth-order valence-electron chi connectivity index (χ4n) is 0.776. The van der Waals surface area contributed by atoms with Crippen LogP contribution >= 0.6 is 0 Å². The molecular formula is C6H9N2O-. The van der Waals surface area contributed by atoms with Crippen LogP contribution in [0.2, 0.25) is 0 Å². The fourth-order valence-corrected chi connectivity index (χ4v) is 0.776. The highest BCUT2D eigenvalue weighted by Gasteiger charge is 2.01. The minimum Gasteiger partial charge on any atom is -0.846 e. The molecule has 0 spiro atoms. The third kappa shape index (κ3) is 1.22. The zero-order valence-electron chi connectivity index (χ0n) is 5.37. The predicted molar refractivity (Wildman–Crippen MR) is 34.1 cm³/mol. The molecule has 0 atom stereocenters. The van der Waals surface area contributed by atoms with E-state index in [0.29, 0.717) is 0 Å². The van der Waals surface area contributed by atoms with Gasteiger partial charge < -0.3 is 10.0 Å². The molecule has 0 unspecified atom stereocenters. The summed E-state index contributed by atoms with van der Waals surface area (Å²) in [5.74, 6) is 0. The van der Waals surface area contributed by atoms with Gasteiger partial charge in [0.1, 0.15) is 0 Å².